The van der Waals surface area contributed by atoms with E-state index in [1.54, 1.807) is 48.5 Å². The molecule has 0 amide bonds. The van der Waals surface area contributed by atoms with Crippen LogP contribution in [0.3, 0.4) is 0 Å². The molecule has 0 aliphatic rings. The van der Waals surface area contributed by atoms with Gasteiger partial charge in [0.2, 0.25) is 0 Å². The van der Waals surface area contributed by atoms with Gasteiger partial charge in [-0.05, 0) is 95.1 Å². The molecule has 10 heteroatoms. The van der Waals surface area contributed by atoms with Gasteiger partial charge in [-0.1, -0.05) is 48.5 Å². The van der Waals surface area contributed by atoms with Gasteiger partial charge in [0, 0.05) is 35.9 Å². The Morgan fingerprint density at radius 3 is 1.21 bits per heavy atom. The van der Waals surface area contributed by atoms with Crippen molar-refractivity contribution in [3.8, 4) is 56.3 Å². The molecule has 0 radical (unpaired) electrons. The van der Waals surface area contributed by atoms with Crippen molar-refractivity contribution in [1.29, 1.82) is 0 Å². The highest BCUT2D eigenvalue weighted by Gasteiger charge is 2.12. The van der Waals surface area contributed by atoms with E-state index in [9.17, 15) is 19.8 Å². The Hall–Kier alpha value is -7.20. The molecular formula is C42H32N4O6. The number of hydrogen-bond acceptors (Lipinski definition) is 8. The number of phenols is 2. The Morgan fingerprint density at radius 1 is 0.481 bits per heavy atom. The van der Waals surface area contributed by atoms with E-state index in [0.717, 1.165) is 33.5 Å². The molecule has 0 unspecified atom stereocenters. The summed E-state index contributed by atoms with van der Waals surface area (Å²) in [6.07, 6.45) is 7.71. The normalized spacial score (nSPS) is 10.8. The number of fused-ring (bicyclic) bond motifs is 2. The highest BCUT2D eigenvalue weighted by molar-refractivity contribution is 5.90. The molecule has 0 saturated carbocycles. The third kappa shape index (κ3) is 6.81. The Kier molecular flexibility index (Phi) is 9.18. The molecule has 4 aromatic carbocycles. The van der Waals surface area contributed by atoms with Crippen LogP contribution >= 0.6 is 0 Å². The number of rotatable bonds is 6. The average molecular weight is 689 g/mol. The quantitative estimate of drug-likeness (QED) is 0.167. The minimum atomic E-state index is -0.353. The van der Waals surface area contributed by atoms with Gasteiger partial charge in [-0.25, -0.2) is 19.6 Å². The summed E-state index contributed by atoms with van der Waals surface area (Å²) >= 11 is 0. The minimum Gasteiger partial charge on any atom is -0.507 e. The maximum Gasteiger partial charge on any atom is 0.337 e. The van der Waals surface area contributed by atoms with Crippen molar-refractivity contribution in [3.05, 3.63) is 157 Å². The molecule has 0 bridgehead atoms. The monoisotopic (exact) mass is 688 g/mol. The van der Waals surface area contributed by atoms with Crippen molar-refractivity contribution < 1.29 is 29.3 Å². The van der Waals surface area contributed by atoms with Crippen LogP contribution in [0, 0.1) is 0 Å². The smallest absolute Gasteiger partial charge is 0.337 e. The van der Waals surface area contributed by atoms with Crippen LogP contribution in [0.1, 0.15) is 20.7 Å². The average Bonchev–Trinajstić information content (AvgIpc) is 3.82. The molecule has 10 nitrogen and oxygen atoms in total. The van der Waals surface area contributed by atoms with Crippen molar-refractivity contribution >= 4 is 23.2 Å². The van der Waals surface area contributed by atoms with Gasteiger partial charge in [-0.3, -0.25) is 0 Å². The SMILES string of the molecule is COC(=O)c1ccc(-c2ccc3nc(-c4ccccc4O)cn3c2)cc1.COC(=O)c1ccc(-c2ccc3nc(-c4ccccc4O)cn3c2)cc1. The zero-order valence-electron chi connectivity index (χ0n) is 28.2. The number of ether oxygens (including phenoxy) is 2. The van der Waals surface area contributed by atoms with Crippen molar-refractivity contribution in [1.82, 2.24) is 18.8 Å². The first-order chi connectivity index (χ1) is 25.3. The third-order valence-corrected chi connectivity index (χ3v) is 8.54. The van der Waals surface area contributed by atoms with Crippen molar-refractivity contribution in [2.24, 2.45) is 0 Å². The Bertz CT molecular complexity index is 2370. The number of benzene rings is 4. The van der Waals surface area contributed by atoms with Crippen LogP contribution in [0.4, 0.5) is 0 Å². The van der Waals surface area contributed by atoms with Crippen LogP contribution in [0.2, 0.25) is 0 Å². The summed E-state index contributed by atoms with van der Waals surface area (Å²) in [6.45, 7) is 0. The second kappa shape index (κ2) is 14.3. The van der Waals surface area contributed by atoms with Crippen molar-refractivity contribution in [2.45, 2.75) is 0 Å². The van der Waals surface area contributed by atoms with E-state index in [-0.39, 0.29) is 23.4 Å². The molecule has 0 saturated heterocycles. The molecule has 8 aromatic rings. The summed E-state index contributed by atoms with van der Waals surface area (Å²) in [5.74, 6) is -0.299. The van der Waals surface area contributed by atoms with Crippen LogP contribution in [0.5, 0.6) is 11.5 Å². The lowest BCUT2D eigenvalue weighted by Crippen LogP contribution is -2.00. The van der Waals surface area contributed by atoms with Gasteiger partial charge in [-0.2, -0.15) is 0 Å². The fourth-order valence-corrected chi connectivity index (χ4v) is 5.80. The minimum absolute atomic E-state index is 0.203. The predicted octanol–water partition coefficient (Wildman–Crippen LogP) is 8.32. The number of nitrogens with zero attached hydrogens (tertiary/aromatic N) is 4. The fourth-order valence-electron chi connectivity index (χ4n) is 5.80. The Morgan fingerprint density at radius 2 is 0.846 bits per heavy atom. The topological polar surface area (TPSA) is 128 Å². The summed E-state index contributed by atoms with van der Waals surface area (Å²) in [7, 11) is 2.73. The number of hydrogen-bond donors (Lipinski definition) is 2. The second-order valence-electron chi connectivity index (χ2n) is 11.8. The summed E-state index contributed by atoms with van der Waals surface area (Å²) < 4.78 is 13.3. The van der Waals surface area contributed by atoms with Crippen LogP contribution in [-0.4, -0.2) is 55.1 Å². The number of pyridine rings is 2. The Labute approximate surface area is 298 Å². The first-order valence-corrected chi connectivity index (χ1v) is 16.2. The zero-order chi connectivity index (χ0) is 36.2. The molecule has 256 valence electrons. The predicted molar refractivity (Wildman–Crippen MR) is 198 cm³/mol. The lowest BCUT2D eigenvalue weighted by atomic mass is 10.1. The standard InChI is InChI=1S/2C21H16N2O3/c2*1-26-21(25)15-8-6-14(7-9-15)16-10-11-20-22-18(13-23(20)12-16)17-4-2-3-5-19(17)24/h2*2-13,24H,1H3. The van der Waals surface area contributed by atoms with Gasteiger partial charge in [0.1, 0.15) is 22.8 Å². The Balaban J connectivity index is 0.000000162. The van der Waals surface area contributed by atoms with Crippen LogP contribution in [0.15, 0.2) is 146 Å². The second-order valence-corrected chi connectivity index (χ2v) is 11.8. The van der Waals surface area contributed by atoms with E-state index in [4.69, 9.17) is 9.47 Å². The van der Waals surface area contributed by atoms with E-state index in [0.29, 0.717) is 33.6 Å². The van der Waals surface area contributed by atoms with Gasteiger partial charge in [0.05, 0.1) is 36.7 Å². The molecular weight excluding hydrogens is 656 g/mol. The number of phenolic OH excluding ortho intramolecular Hbond substituents is 2. The highest BCUT2D eigenvalue weighted by atomic mass is 16.5. The number of carbonyl (C=O) groups excluding carboxylic acids is 2. The lowest BCUT2D eigenvalue weighted by Gasteiger charge is -2.04. The molecule has 0 aliphatic heterocycles. The molecule has 4 heterocycles. The van der Waals surface area contributed by atoms with Gasteiger partial charge in [0.15, 0.2) is 0 Å². The first-order valence-electron chi connectivity index (χ1n) is 16.2. The van der Waals surface area contributed by atoms with Gasteiger partial charge >= 0.3 is 11.9 Å². The zero-order valence-corrected chi connectivity index (χ0v) is 28.2. The van der Waals surface area contributed by atoms with Crippen molar-refractivity contribution in [3.63, 3.8) is 0 Å². The van der Waals surface area contributed by atoms with Crippen LogP contribution in [0.25, 0.3) is 56.1 Å². The maximum atomic E-state index is 11.5. The third-order valence-electron chi connectivity index (χ3n) is 8.54. The highest BCUT2D eigenvalue weighted by Crippen LogP contribution is 2.31. The number of imidazole rings is 2. The van der Waals surface area contributed by atoms with E-state index in [2.05, 4.69) is 9.97 Å². The molecule has 52 heavy (non-hydrogen) atoms. The van der Waals surface area contributed by atoms with Crippen molar-refractivity contribution in [2.75, 3.05) is 14.2 Å². The number of para-hydroxylation sites is 2. The molecule has 4 aromatic heterocycles. The van der Waals surface area contributed by atoms with Crippen LogP contribution < -0.4 is 0 Å². The van der Waals surface area contributed by atoms with Gasteiger partial charge < -0.3 is 28.5 Å². The fraction of sp³-hybridized carbons (Fsp3) is 0.0476. The molecule has 0 atom stereocenters. The molecule has 0 fully saturated rings. The molecule has 0 spiro atoms. The summed E-state index contributed by atoms with van der Waals surface area (Å²) in [5, 5.41) is 20.1. The van der Waals surface area contributed by atoms with Crippen LogP contribution in [-0.2, 0) is 9.47 Å². The number of aromatic hydroxyl groups is 2. The van der Waals surface area contributed by atoms with E-state index in [1.165, 1.54) is 14.2 Å². The molecule has 0 aliphatic carbocycles. The van der Waals surface area contributed by atoms with Gasteiger partial charge in [-0.15, -0.1) is 0 Å². The summed E-state index contributed by atoms with van der Waals surface area (Å²) in [5.41, 5.74) is 9.38. The lowest BCUT2D eigenvalue weighted by molar-refractivity contribution is 0.0592. The maximum absolute atomic E-state index is 11.5. The first kappa shape index (κ1) is 33.3. The summed E-state index contributed by atoms with van der Waals surface area (Å²) in [4.78, 5) is 32.2. The summed E-state index contributed by atoms with van der Waals surface area (Å²) in [6, 6.07) is 36.6. The largest absolute Gasteiger partial charge is 0.507 e. The van der Waals surface area contributed by atoms with E-state index < -0.39 is 0 Å². The molecule has 2 N–H and O–H groups in total. The van der Waals surface area contributed by atoms with E-state index in [1.807, 2.05) is 106 Å². The number of carbonyl (C=O) groups is 2. The number of methoxy groups -OCH3 is 2. The van der Waals surface area contributed by atoms with E-state index >= 15 is 0 Å². The van der Waals surface area contributed by atoms with Gasteiger partial charge in [0.25, 0.3) is 0 Å². The molecule has 8 rings (SSSR count). The number of esters is 2. The number of aromatic nitrogens is 4.